The maximum absolute atomic E-state index is 13.5. The van der Waals surface area contributed by atoms with Gasteiger partial charge in [-0.15, -0.1) is 0 Å². The molecule has 0 saturated heterocycles. The summed E-state index contributed by atoms with van der Waals surface area (Å²) < 4.78 is 13.9. The molecular weight excluding hydrogens is 261 g/mol. The molecule has 0 aliphatic carbocycles. The number of aliphatic hydroxyl groups is 1. The van der Waals surface area contributed by atoms with E-state index in [9.17, 15) is 4.39 Å². The molecule has 84 valence electrons. The van der Waals surface area contributed by atoms with Crippen molar-refractivity contribution >= 4 is 15.9 Å². The van der Waals surface area contributed by atoms with Crippen LogP contribution in [-0.2, 0) is 0 Å². The van der Waals surface area contributed by atoms with Crippen LogP contribution in [0.3, 0.4) is 0 Å². The van der Waals surface area contributed by atoms with Gasteiger partial charge in [-0.05, 0) is 59.0 Å². The number of nitrogens with two attached hydrogens (primary N) is 1. The largest absolute Gasteiger partial charge is 0.396 e. The predicted molar refractivity (Wildman–Crippen MR) is 62.2 cm³/mol. The van der Waals surface area contributed by atoms with Gasteiger partial charge in [0.05, 0.1) is 4.47 Å². The quantitative estimate of drug-likeness (QED) is 0.891. The molecule has 1 rings (SSSR count). The first-order chi connectivity index (χ1) is 6.99. The van der Waals surface area contributed by atoms with Crippen LogP contribution in [-0.4, -0.2) is 11.7 Å². The van der Waals surface area contributed by atoms with E-state index in [2.05, 4.69) is 15.9 Å². The molecule has 0 spiro atoms. The second-order valence-electron chi connectivity index (χ2n) is 3.65. The summed E-state index contributed by atoms with van der Waals surface area (Å²) in [7, 11) is 0. The fourth-order valence-electron chi connectivity index (χ4n) is 1.59. The molecule has 15 heavy (non-hydrogen) atoms. The Morgan fingerprint density at radius 3 is 2.67 bits per heavy atom. The first-order valence-corrected chi connectivity index (χ1v) is 5.59. The predicted octanol–water partition coefficient (Wildman–Crippen LogP) is 2.59. The van der Waals surface area contributed by atoms with Gasteiger partial charge >= 0.3 is 0 Å². The number of aliphatic hydroxyl groups excluding tert-OH is 1. The molecule has 0 aromatic heterocycles. The molecule has 1 aromatic rings. The van der Waals surface area contributed by atoms with Crippen molar-refractivity contribution in [3.05, 3.63) is 33.0 Å². The highest BCUT2D eigenvalue weighted by Crippen LogP contribution is 2.31. The SMILES string of the molecule is Cc1cc(F)c(Br)c(C(N)CCO)c1C. The lowest BCUT2D eigenvalue weighted by Gasteiger charge is -2.18. The molecule has 1 aromatic carbocycles. The van der Waals surface area contributed by atoms with Gasteiger partial charge in [-0.3, -0.25) is 0 Å². The fraction of sp³-hybridized carbons (Fsp3) is 0.455. The van der Waals surface area contributed by atoms with Crippen LogP contribution in [0.5, 0.6) is 0 Å². The number of hydrogen-bond donors (Lipinski definition) is 2. The highest BCUT2D eigenvalue weighted by atomic mass is 79.9. The van der Waals surface area contributed by atoms with Gasteiger partial charge in [0, 0.05) is 12.6 Å². The number of benzene rings is 1. The first-order valence-electron chi connectivity index (χ1n) is 4.80. The molecule has 0 amide bonds. The van der Waals surface area contributed by atoms with Crippen molar-refractivity contribution in [3.8, 4) is 0 Å². The molecule has 1 unspecified atom stereocenters. The van der Waals surface area contributed by atoms with Gasteiger partial charge in [0.15, 0.2) is 0 Å². The summed E-state index contributed by atoms with van der Waals surface area (Å²) in [5.41, 5.74) is 8.49. The minimum atomic E-state index is -0.334. The third kappa shape index (κ3) is 2.56. The van der Waals surface area contributed by atoms with Crippen LogP contribution in [0.1, 0.15) is 29.2 Å². The maximum Gasteiger partial charge on any atom is 0.137 e. The Hall–Kier alpha value is -0.450. The second kappa shape index (κ2) is 5.05. The molecule has 0 aliphatic heterocycles. The Bertz CT molecular complexity index is 342. The van der Waals surface area contributed by atoms with Gasteiger partial charge in [-0.2, -0.15) is 0 Å². The van der Waals surface area contributed by atoms with Gasteiger partial charge in [-0.25, -0.2) is 4.39 Å². The Kier molecular flexibility index (Phi) is 4.25. The minimum Gasteiger partial charge on any atom is -0.396 e. The highest BCUT2D eigenvalue weighted by molar-refractivity contribution is 9.10. The molecule has 4 heteroatoms. The van der Waals surface area contributed by atoms with Crippen molar-refractivity contribution in [1.29, 1.82) is 0 Å². The Balaban J connectivity index is 3.26. The van der Waals surface area contributed by atoms with Crippen molar-refractivity contribution in [2.24, 2.45) is 5.73 Å². The van der Waals surface area contributed by atoms with Crippen molar-refractivity contribution < 1.29 is 9.50 Å². The standard InChI is InChI=1S/C11H15BrFNO/c1-6-5-8(13)11(12)10(7(6)2)9(14)3-4-15/h5,9,15H,3-4,14H2,1-2H3. The average molecular weight is 276 g/mol. The van der Waals surface area contributed by atoms with Crippen molar-refractivity contribution in [1.82, 2.24) is 0 Å². The van der Waals surface area contributed by atoms with Crippen LogP contribution >= 0.6 is 15.9 Å². The zero-order valence-electron chi connectivity index (χ0n) is 8.85. The van der Waals surface area contributed by atoms with E-state index < -0.39 is 0 Å². The van der Waals surface area contributed by atoms with E-state index in [0.29, 0.717) is 10.9 Å². The lowest BCUT2D eigenvalue weighted by Crippen LogP contribution is -2.15. The van der Waals surface area contributed by atoms with E-state index in [4.69, 9.17) is 10.8 Å². The van der Waals surface area contributed by atoms with E-state index in [1.165, 1.54) is 6.07 Å². The van der Waals surface area contributed by atoms with Gasteiger partial charge in [0.25, 0.3) is 0 Å². The highest BCUT2D eigenvalue weighted by Gasteiger charge is 2.17. The van der Waals surface area contributed by atoms with Crippen molar-refractivity contribution in [2.45, 2.75) is 26.3 Å². The third-order valence-electron chi connectivity index (χ3n) is 2.60. The molecule has 0 radical (unpaired) electrons. The molecule has 2 nitrogen and oxygen atoms in total. The summed E-state index contributed by atoms with van der Waals surface area (Å²) >= 11 is 3.20. The average Bonchev–Trinajstić information content (AvgIpc) is 2.16. The Morgan fingerprint density at radius 2 is 2.13 bits per heavy atom. The van der Waals surface area contributed by atoms with Crippen molar-refractivity contribution in [2.75, 3.05) is 6.61 Å². The second-order valence-corrected chi connectivity index (χ2v) is 4.44. The lowest BCUT2D eigenvalue weighted by molar-refractivity contribution is 0.276. The molecule has 0 fully saturated rings. The first kappa shape index (κ1) is 12.6. The third-order valence-corrected chi connectivity index (χ3v) is 3.40. The van der Waals surface area contributed by atoms with Gasteiger partial charge in [-0.1, -0.05) is 0 Å². The number of hydrogen-bond acceptors (Lipinski definition) is 2. The monoisotopic (exact) mass is 275 g/mol. The van der Waals surface area contributed by atoms with E-state index in [0.717, 1.165) is 16.7 Å². The van der Waals surface area contributed by atoms with Crippen LogP contribution in [0.25, 0.3) is 0 Å². The summed E-state index contributed by atoms with van der Waals surface area (Å²) in [6.45, 7) is 3.76. The van der Waals surface area contributed by atoms with Gasteiger partial charge in [0.1, 0.15) is 5.82 Å². The van der Waals surface area contributed by atoms with E-state index in [1.807, 2.05) is 13.8 Å². The van der Waals surface area contributed by atoms with Crippen LogP contribution in [0.15, 0.2) is 10.5 Å². The zero-order valence-corrected chi connectivity index (χ0v) is 10.4. The molecule has 0 saturated carbocycles. The smallest absolute Gasteiger partial charge is 0.137 e. The fourth-order valence-corrected chi connectivity index (χ4v) is 2.30. The molecule has 3 N–H and O–H groups in total. The van der Waals surface area contributed by atoms with Crippen LogP contribution in [0.2, 0.25) is 0 Å². The van der Waals surface area contributed by atoms with Crippen LogP contribution in [0, 0.1) is 19.7 Å². The Morgan fingerprint density at radius 1 is 1.53 bits per heavy atom. The number of rotatable bonds is 3. The van der Waals surface area contributed by atoms with Gasteiger partial charge < -0.3 is 10.8 Å². The molecule has 0 bridgehead atoms. The number of aryl methyl sites for hydroxylation is 1. The van der Waals surface area contributed by atoms with Gasteiger partial charge in [0.2, 0.25) is 0 Å². The normalized spacial score (nSPS) is 12.9. The summed E-state index contributed by atoms with van der Waals surface area (Å²) in [6.07, 6.45) is 0.433. The Labute approximate surface area is 97.4 Å². The molecular formula is C11H15BrFNO. The minimum absolute atomic E-state index is 0.00259. The van der Waals surface area contributed by atoms with Crippen molar-refractivity contribution in [3.63, 3.8) is 0 Å². The molecule has 0 aliphatic rings. The van der Waals surface area contributed by atoms with E-state index >= 15 is 0 Å². The van der Waals surface area contributed by atoms with Crippen LogP contribution in [0.4, 0.5) is 4.39 Å². The zero-order chi connectivity index (χ0) is 11.6. The van der Waals surface area contributed by atoms with E-state index in [1.54, 1.807) is 0 Å². The topological polar surface area (TPSA) is 46.2 Å². The van der Waals surface area contributed by atoms with E-state index in [-0.39, 0.29) is 18.5 Å². The maximum atomic E-state index is 13.5. The summed E-state index contributed by atoms with van der Waals surface area (Å²) in [4.78, 5) is 0. The summed E-state index contributed by atoms with van der Waals surface area (Å²) in [5, 5.41) is 8.83. The summed E-state index contributed by atoms with van der Waals surface area (Å²) in [6, 6.07) is 1.15. The number of halogens is 2. The molecule has 1 atom stereocenters. The molecule has 0 heterocycles. The summed E-state index contributed by atoms with van der Waals surface area (Å²) in [5.74, 6) is -0.304. The van der Waals surface area contributed by atoms with Crippen LogP contribution < -0.4 is 5.73 Å². The lowest BCUT2D eigenvalue weighted by atomic mass is 9.96.